The molecule has 0 spiro atoms. The molecular weight excluding hydrogens is 302 g/mol. The van der Waals surface area contributed by atoms with Crippen LogP contribution in [0.5, 0.6) is 0 Å². The van der Waals surface area contributed by atoms with Crippen LogP contribution < -0.4 is 0 Å². The van der Waals surface area contributed by atoms with E-state index in [1.807, 2.05) is 24.3 Å². The van der Waals surface area contributed by atoms with E-state index in [-0.39, 0.29) is 12.0 Å². The van der Waals surface area contributed by atoms with Gasteiger partial charge in [0, 0.05) is 18.1 Å². The van der Waals surface area contributed by atoms with Crippen molar-refractivity contribution in [2.75, 3.05) is 13.1 Å². The lowest BCUT2D eigenvalue weighted by Crippen LogP contribution is -2.43. The summed E-state index contributed by atoms with van der Waals surface area (Å²) < 4.78 is 11.1. The zero-order chi connectivity index (χ0) is 15.4. The van der Waals surface area contributed by atoms with E-state index in [1.54, 1.807) is 17.0 Å². The Hall–Kier alpha value is -1.78. The molecule has 3 rings (SSSR count). The molecule has 2 heterocycles. The number of carbonyl (C=O) groups is 1. The Morgan fingerprint density at radius 3 is 3.05 bits per heavy atom. The molecule has 4 nitrogen and oxygen atoms in total. The number of halogens is 1. The Labute approximate surface area is 134 Å². The van der Waals surface area contributed by atoms with Crippen LogP contribution in [0.2, 0.25) is 5.02 Å². The van der Waals surface area contributed by atoms with Gasteiger partial charge in [0.1, 0.15) is 0 Å². The predicted octanol–water partition coefficient (Wildman–Crippen LogP) is 3.75. The third-order valence-electron chi connectivity index (χ3n) is 3.77. The summed E-state index contributed by atoms with van der Waals surface area (Å²) in [6.45, 7) is 1.85. The van der Waals surface area contributed by atoms with Crippen LogP contribution in [0.15, 0.2) is 47.1 Å². The van der Waals surface area contributed by atoms with Crippen molar-refractivity contribution in [2.45, 2.75) is 25.6 Å². The van der Waals surface area contributed by atoms with Gasteiger partial charge in [0.05, 0.1) is 19.0 Å². The maximum absolute atomic E-state index is 12.3. The molecule has 116 valence electrons. The molecule has 2 aromatic rings. The lowest BCUT2D eigenvalue weighted by molar-refractivity contribution is -0.00753. The quantitative estimate of drug-likeness (QED) is 0.862. The molecule has 1 aromatic heterocycles. The SMILES string of the molecule is O=C(c1ccco1)N1CCCC(OCc2cccc(Cl)c2)C1. The normalized spacial score (nSPS) is 18.4. The van der Waals surface area contributed by atoms with E-state index >= 15 is 0 Å². The van der Waals surface area contributed by atoms with Crippen LogP contribution in [0.25, 0.3) is 0 Å². The maximum atomic E-state index is 12.3. The highest BCUT2D eigenvalue weighted by Crippen LogP contribution is 2.18. The largest absolute Gasteiger partial charge is 0.459 e. The van der Waals surface area contributed by atoms with Crippen LogP contribution in [-0.4, -0.2) is 30.0 Å². The van der Waals surface area contributed by atoms with Crippen molar-refractivity contribution in [3.8, 4) is 0 Å². The molecule has 0 N–H and O–H groups in total. The number of piperidine rings is 1. The molecule has 1 atom stereocenters. The minimum absolute atomic E-state index is 0.0478. The van der Waals surface area contributed by atoms with Crippen LogP contribution in [0.4, 0.5) is 0 Å². The van der Waals surface area contributed by atoms with Crippen molar-refractivity contribution in [1.29, 1.82) is 0 Å². The van der Waals surface area contributed by atoms with Crippen molar-refractivity contribution in [3.63, 3.8) is 0 Å². The number of carbonyl (C=O) groups excluding carboxylic acids is 1. The molecule has 0 bridgehead atoms. The van der Waals surface area contributed by atoms with E-state index in [0.29, 0.717) is 23.9 Å². The summed E-state index contributed by atoms with van der Waals surface area (Å²) in [5, 5.41) is 0.708. The second-order valence-electron chi connectivity index (χ2n) is 5.43. The standard InChI is InChI=1S/C17H18ClNO3/c18-14-5-1-4-13(10-14)12-22-15-6-2-8-19(11-15)17(20)16-7-3-9-21-16/h1,3-5,7,9-10,15H,2,6,8,11-12H2. The Kier molecular flexibility index (Phi) is 4.80. The van der Waals surface area contributed by atoms with Gasteiger partial charge in [0.25, 0.3) is 5.91 Å². The van der Waals surface area contributed by atoms with Gasteiger partial charge < -0.3 is 14.1 Å². The van der Waals surface area contributed by atoms with Crippen molar-refractivity contribution in [1.82, 2.24) is 4.90 Å². The minimum Gasteiger partial charge on any atom is -0.459 e. The number of hydrogen-bond donors (Lipinski definition) is 0. The molecule has 0 saturated carbocycles. The molecule has 1 aromatic carbocycles. The minimum atomic E-state index is -0.0685. The summed E-state index contributed by atoms with van der Waals surface area (Å²) in [5.41, 5.74) is 1.04. The van der Waals surface area contributed by atoms with Gasteiger partial charge in [-0.1, -0.05) is 23.7 Å². The Morgan fingerprint density at radius 2 is 2.27 bits per heavy atom. The Morgan fingerprint density at radius 1 is 1.36 bits per heavy atom. The van der Waals surface area contributed by atoms with Crippen molar-refractivity contribution in [3.05, 3.63) is 59.0 Å². The number of amides is 1. The number of ether oxygens (including phenoxy) is 1. The van der Waals surface area contributed by atoms with Crippen LogP contribution >= 0.6 is 11.6 Å². The van der Waals surface area contributed by atoms with Gasteiger partial charge in [-0.2, -0.15) is 0 Å². The van der Waals surface area contributed by atoms with Crippen LogP contribution in [0.1, 0.15) is 29.0 Å². The number of benzene rings is 1. The molecule has 5 heteroatoms. The highest BCUT2D eigenvalue weighted by molar-refractivity contribution is 6.30. The fourth-order valence-electron chi connectivity index (χ4n) is 2.66. The van der Waals surface area contributed by atoms with Gasteiger partial charge in [-0.15, -0.1) is 0 Å². The van der Waals surface area contributed by atoms with Gasteiger partial charge in [-0.25, -0.2) is 0 Å². The summed E-state index contributed by atoms with van der Waals surface area (Å²) in [5.74, 6) is 0.316. The van der Waals surface area contributed by atoms with Gasteiger partial charge >= 0.3 is 0 Å². The van der Waals surface area contributed by atoms with Crippen molar-refractivity contribution >= 4 is 17.5 Å². The molecule has 1 aliphatic rings. The fourth-order valence-corrected chi connectivity index (χ4v) is 2.87. The van der Waals surface area contributed by atoms with Crippen LogP contribution in [0.3, 0.4) is 0 Å². The predicted molar refractivity (Wildman–Crippen MR) is 83.9 cm³/mol. The molecule has 22 heavy (non-hydrogen) atoms. The molecule has 1 saturated heterocycles. The molecule has 0 radical (unpaired) electrons. The molecular formula is C17H18ClNO3. The second-order valence-corrected chi connectivity index (χ2v) is 5.87. The van der Waals surface area contributed by atoms with E-state index in [2.05, 4.69) is 0 Å². The summed E-state index contributed by atoms with van der Waals surface area (Å²) in [6, 6.07) is 11.1. The van der Waals surface area contributed by atoms with Crippen LogP contribution in [-0.2, 0) is 11.3 Å². The molecule has 1 amide bonds. The summed E-state index contributed by atoms with van der Waals surface area (Å²) in [6.07, 6.45) is 3.46. The Bertz CT molecular complexity index is 627. The van der Waals surface area contributed by atoms with Gasteiger partial charge in [0.2, 0.25) is 0 Å². The first-order chi connectivity index (χ1) is 10.7. The Balaban J connectivity index is 1.55. The fraction of sp³-hybridized carbons (Fsp3) is 0.353. The zero-order valence-corrected chi connectivity index (χ0v) is 13.0. The molecule has 1 unspecified atom stereocenters. The number of hydrogen-bond acceptors (Lipinski definition) is 3. The first-order valence-electron chi connectivity index (χ1n) is 7.41. The van der Waals surface area contributed by atoms with E-state index in [4.69, 9.17) is 20.8 Å². The topological polar surface area (TPSA) is 42.7 Å². The summed E-state index contributed by atoms with van der Waals surface area (Å²) in [7, 11) is 0. The smallest absolute Gasteiger partial charge is 0.289 e. The molecule has 1 aliphatic heterocycles. The zero-order valence-electron chi connectivity index (χ0n) is 12.2. The van der Waals surface area contributed by atoms with E-state index < -0.39 is 0 Å². The van der Waals surface area contributed by atoms with E-state index in [0.717, 1.165) is 24.9 Å². The van der Waals surface area contributed by atoms with E-state index in [1.165, 1.54) is 6.26 Å². The van der Waals surface area contributed by atoms with E-state index in [9.17, 15) is 4.79 Å². The average molecular weight is 320 g/mol. The maximum Gasteiger partial charge on any atom is 0.289 e. The van der Waals surface area contributed by atoms with Crippen LogP contribution in [0, 0.1) is 0 Å². The number of rotatable bonds is 4. The highest BCUT2D eigenvalue weighted by Gasteiger charge is 2.26. The monoisotopic (exact) mass is 319 g/mol. The third kappa shape index (κ3) is 3.70. The molecule has 0 aliphatic carbocycles. The van der Waals surface area contributed by atoms with Gasteiger partial charge in [-0.05, 0) is 42.7 Å². The first kappa shape index (κ1) is 15.1. The van der Waals surface area contributed by atoms with Crippen molar-refractivity contribution in [2.24, 2.45) is 0 Å². The highest BCUT2D eigenvalue weighted by atomic mass is 35.5. The first-order valence-corrected chi connectivity index (χ1v) is 7.79. The average Bonchev–Trinajstić information content (AvgIpc) is 3.07. The van der Waals surface area contributed by atoms with Gasteiger partial charge in [0.15, 0.2) is 5.76 Å². The number of likely N-dealkylation sites (tertiary alicyclic amines) is 1. The van der Waals surface area contributed by atoms with Crippen molar-refractivity contribution < 1.29 is 13.9 Å². The lowest BCUT2D eigenvalue weighted by atomic mass is 10.1. The number of furan rings is 1. The molecule has 1 fully saturated rings. The second kappa shape index (κ2) is 6.99. The number of nitrogens with zero attached hydrogens (tertiary/aromatic N) is 1. The lowest BCUT2D eigenvalue weighted by Gasteiger charge is -2.32. The third-order valence-corrected chi connectivity index (χ3v) is 4.01. The summed E-state index contributed by atoms with van der Waals surface area (Å²) in [4.78, 5) is 14.1. The van der Waals surface area contributed by atoms with Gasteiger partial charge in [-0.3, -0.25) is 4.79 Å². The summed E-state index contributed by atoms with van der Waals surface area (Å²) >= 11 is 5.97.